The fraction of sp³-hybridized carbons (Fsp3) is 0.156. The highest BCUT2D eigenvalue weighted by molar-refractivity contribution is 8.00. The summed E-state index contributed by atoms with van der Waals surface area (Å²) in [6.07, 6.45) is 0.328. The highest BCUT2D eigenvalue weighted by Gasteiger charge is 2.36. The van der Waals surface area contributed by atoms with Gasteiger partial charge in [-0.2, -0.15) is 0 Å². The number of aromatic carboxylic acids is 1. The maximum atomic E-state index is 11.1. The SMILES string of the molecule is NC(Cc1ccc(C(=O)O)cc1)C(=O)O.O=C(O)CCSC(c1ccccc1)(c1ccccc1)c1ccccc1. The monoisotopic (exact) mass is 557 g/mol. The summed E-state index contributed by atoms with van der Waals surface area (Å²) in [5.41, 5.74) is 9.67. The van der Waals surface area contributed by atoms with Crippen molar-refractivity contribution in [2.24, 2.45) is 5.73 Å². The van der Waals surface area contributed by atoms with E-state index in [0.29, 0.717) is 11.3 Å². The summed E-state index contributed by atoms with van der Waals surface area (Å²) < 4.78 is -0.431. The summed E-state index contributed by atoms with van der Waals surface area (Å²) in [4.78, 5) is 32.1. The predicted molar refractivity (Wildman–Crippen MR) is 157 cm³/mol. The third-order valence-electron chi connectivity index (χ3n) is 6.15. The minimum Gasteiger partial charge on any atom is -0.481 e. The summed E-state index contributed by atoms with van der Waals surface area (Å²) in [5.74, 6) is -2.31. The first-order valence-corrected chi connectivity index (χ1v) is 13.6. The summed E-state index contributed by atoms with van der Waals surface area (Å²) >= 11 is 1.68. The summed E-state index contributed by atoms with van der Waals surface area (Å²) in [6.45, 7) is 0. The second-order valence-corrected chi connectivity index (χ2v) is 10.2. The van der Waals surface area contributed by atoms with Gasteiger partial charge in [-0.25, -0.2) is 4.79 Å². The Balaban J connectivity index is 0.000000252. The van der Waals surface area contributed by atoms with Crippen LogP contribution < -0.4 is 5.73 Å². The van der Waals surface area contributed by atoms with Crippen LogP contribution in [0.15, 0.2) is 115 Å². The normalized spacial score (nSPS) is 11.5. The van der Waals surface area contributed by atoms with Crippen molar-refractivity contribution in [3.05, 3.63) is 143 Å². The minimum absolute atomic E-state index is 0.138. The molecule has 0 saturated heterocycles. The van der Waals surface area contributed by atoms with E-state index in [4.69, 9.17) is 21.1 Å². The first kappa shape index (κ1) is 30.1. The highest BCUT2D eigenvalue weighted by atomic mass is 32.2. The number of aliphatic carboxylic acids is 2. The molecule has 0 aliphatic rings. The van der Waals surface area contributed by atoms with Gasteiger partial charge < -0.3 is 21.1 Å². The van der Waals surface area contributed by atoms with Gasteiger partial charge in [-0.15, -0.1) is 11.8 Å². The van der Waals surface area contributed by atoms with Gasteiger partial charge in [-0.3, -0.25) is 9.59 Å². The topological polar surface area (TPSA) is 138 Å². The lowest BCUT2D eigenvalue weighted by molar-refractivity contribution is -0.138. The van der Waals surface area contributed by atoms with Crippen LogP contribution in [0.1, 0.15) is 39.0 Å². The lowest BCUT2D eigenvalue weighted by atomic mass is 9.84. The van der Waals surface area contributed by atoms with Crippen molar-refractivity contribution in [1.82, 2.24) is 0 Å². The molecule has 0 saturated carbocycles. The molecule has 7 nitrogen and oxygen atoms in total. The number of hydrogen-bond acceptors (Lipinski definition) is 5. The molecule has 0 spiro atoms. The van der Waals surface area contributed by atoms with Crippen molar-refractivity contribution >= 4 is 29.7 Å². The maximum absolute atomic E-state index is 11.1. The number of carboxylic acids is 3. The molecule has 8 heteroatoms. The van der Waals surface area contributed by atoms with Gasteiger partial charge in [0.2, 0.25) is 0 Å². The molecule has 40 heavy (non-hydrogen) atoms. The first-order valence-electron chi connectivity index (χ1n) is 12.6. The number of carbonyl (C=O) groups is 3. The quantitative estimate of drug-likeness (QED) is 0.177. The Bertz CT molecular complexity index is 1280. The van der Waals surface area contributed by atoms with Crippen molar-refractivity contribution in [2.45, 2.75) is 23.6 Å². The van der Waals surface area contributed by atoms with E-state index in [-0.39, 0.29) is 18.4 Å². The summed E-state index contributed by atoms with van der Waals surface area (Å²) in [7, 11) is 0. The highest BCUT2D eigenvalue weighted by Crippen LogP contribution is 2.48. The fourth-order valence-corrected chi connectivity index (χ4v) is 5.68. The average molecular weight is 558 g/mol. The molecule has 1 unspecified atom stereocenters. The molecule has 1 atom stereocenters. The number of hydrogen-bond donors (Lipinski definition) is 4. The molecule has 4 aromatic rings. The first-order chi connectivity index (χ1) is 19.2. The van der Waals surface area contributed by atoms with E-state index in [1.807, 2.05) is 54.6 Å². The van der Waals surface area contributed by atoms with E-state index in [1.54, 1.807) is 23.9 Å². The van der Waals surface area contributed by atoms with E-state index in [2.05, 4.69) is 36.4 Å². The van der Waals surface area contributed by atoms with Crippen molar-refractivity contribution in [3.63, 3.8) is 0 Å². The Morgan fingerprint density at radius 2 is 1.10 bits per heavy atom. The smallest absolute Gasteiger partial charge is 0.335 e. The van der Waals surface area contributed by atoms with Gasteiger partial charge in [0.25, 0.3) is 0 Å². The van der Waals surface area contributed by atoms with Crippen LogP contribution in [0.5, 0.6) is 0 Å². The molecule has 0 aromatic heterocycles. The van der Waals surface area contributed by atoms with Crippen LogP contribution in [-0.4, -0.2) is 45.0 Å². The standard InChI is InChI=1S/C22H20O2S.C10H11NO4/c23-21(24)16-17-25-22(18-10-4-1-5-11-18,19-12-6-2-7-13-19)20-14-8-3-9-15-20;11-8(10(14)15)5-6-1-3-7(4-2-6)9(12)13/h1-15H,16-17H2,(H,23,24);1-4,8H,5,11H2,(H,12,13)(H,14,15). The molecule has 0 aliphatic heterocycles. The molecule has 0 amide bonds. The fourth-order valence-electron chi connectivity index (χ4n) is 4.18. The lowest BCUT2D eigenvalue weighted by Crippen LogP contribution is -2.32. The van der Waals surface area contributed by atoms with Gasteiger partial charge in [0.15, 0.2) is 0 Å². The molecular weight excluding hydrogens is 526 g/mol. The van der Waals surface area contributed by atoms with Gasteiger partial charge in [-0.1, -0.05) is 103 Å². The number of carboxylic acid groups (broad SMARTS) is 3. The Labute approximate surface area is 237 Å². The molecule has 0 radical (unpaired) electrons. The number of rotatable bonds is 11. The van der Waals surface area contributed by atoms with E-state index < -0.39 is 28.7 Å². The molecular formula is C32H31NO6S. The van der Waals surface area contributed by atoms with Crippen LogP contribution in [0.25, 0.3) is 0 Å². The molecule has 0 heterocycles. The molecule has 4 rings (SSSR count). The van der Waals surface area contributed by atoms with Gasteiger partial charge >= 0.3 is 17.9 Å². The van der Waals surface area contributed by atoms with Crippen LogP contribution >= 0.6 is 11.8 Å². The molecule has 5 N–H and O–H groups in total. The van der Waals surface area contributed by atoms with Crippen molar-refractivity contribution in [3.8, 4) is 0 Å². The van der Waals surface area contributed by atoms with Crippen LogP contribution in [0.4, 0.5) is 0 Å². The van der Waals surface area contributed by atoms with Crippen molar-refractivity contribution in [2.75, 3.05) is 5.75 Å². The minimum atomic E-state index is -1.07. The van der Waals surface area contributed by atoms with E-state index in [1.165, 1.54) is 12.1 Å². The zero-order valence-corrected chi connectivity index (χ0v) is 22.5. The zero-order valence-electron chi connectivity index (χ0n) is 21.7. The number of nitrogens with two attached hydrogens (primary N) is 1. The zero-order chi connectivity index (χ0) is 29.0. The molecule has 4 aromatic carbocycles. The Morgan fingerprint density at radius 1 is 0.675 bits per heavy atom. The van der Waals surface area contributed by atoms with Gasteiger partial charge in [0.1, 0.15) is 6.04 Å². The number of thioether (sulfide) groups is 1. The second-order valence-electron chi connectivity index (χ2n) is 8.92. The van der Waals surface area contributed by atoms with Gasteiger partial charge in [-0.05, 0) is 40.8 Å². The summed E-state index contributed by atoms with van der Waals surface area (Å²) in [6, 6.07) is 36.0. The van der Waals surface area contributed by atoms with Crippen LogP contribution in [0, 0.1) is 0 Å². The van der Waals surface area contributed by atoms with Gasteiger partial charge in [0, 0.05) is 5.75 Å². The second kappa shape index (κ2) is 14.7. The van der Waals surface area contributed by atoms with Crippen molar-refractivity contribution < 1.29 is 29.7 Å². The number of benzene rings is 4. The van der Waals surface area contributed by atoms with E-state index >= 15 is 0 Å². The Hall–Kier alpha value is -4.40. The summed E-state index contributed by atoms with van der Waals surface area (Å²) in [5, 5.41) is 26.3. The predicted octanol–water partition coefficient (Wildman–Crippen LogP) is 5.53. The van der Waals surface area contributed by atoms with Crippen LogP contribution in [-0.2, 0) is 20.8 Å². The molecule has 0 aliphatic carbocycles. The third-order valence-corrected chi connectivity index (χ3v) is 7.70. The van der Waals surface area contributed by atoms with Crippen LogP contribution in [0.3, 0.4) is 0 Å². The third kappa shape index (κ3) is 8.05. The molecule has 0 bridgehead atoms. The lowest BCUT2D eigenvalue weighted by Gasteiger charge is -2.35. The maximum Gasteiger partial charge on any atom is 0.335 e. The van der Waals surface area contributed by atoms with Crippen LogP contribution in [0.2, 0.25) is 0 Å². The molecule has 0 fully saturated rings. The van der Waals surface area contributed by atoms with Crippen molar-refractivity contribution in [1.29, 1.82) is 0 Å². The van der Waals surface area contributed by atoms with Gasteiger partial charge in [0.05, 0.1) is 16.7 Å². The largest absolute Gasteiger partial charge is 0.481 e. The Morgan fingerprint density at radius 3 is 1.45 bits per heavy atom. The molecule has 206 valence electrons. The van der Waals surface area contributed by atoms with E-state index in [0.717, 1.165) is 16.7 Å². The average Bonchev–Trinajstić information content (AvgIpc) is 2.97. The Kier molecular flexibility index (Phi) is 11.1. The van der Waals surface area contributed by atoms with E-state index in [9.17, 15) is 14.4 Å².